The van der Waals surface area contributed by atoms with Crippen LogP contribution in [0.1, 0.15) is 15.9 Å². The van der Waals surface area contributed by atoms with E-state index in [1.807, 2.05) is 19.1 Å². The van der Waals surface area contributed by atoms with E-state index in [0.717, 1.165) is 10.0 Å². The highest BCUT2D eigenvalue weighted by molar-refractivity contribution is 9.10. The fraction of sp³-hybridized carbons (Fsp3) is 0.133. The number of nitrogens with one attached hydrogen (secondary N) is 1. The molecule has 104 valence electrons. The van der Waals surface area contributed by atoms with Crippen molar-refractivity contribution in [1.82, 2.24) is 0 Å². The summed E-state index contributed by atoms with van der Waals surface area (Å²) in [5.74, 6) is 0.376. The second-order valence-electron chi connectivity index (χ2n) is 4.37. The summed E-state index contributed by atoms with van der Waals surface area (Å²) in [5.41, 5.74) is 8.35. The molecule has 2 rings (SSSR count). The topological polar surface area (TPSA) is 64.3 Å². The molecule has 4 nitrogen and oxygen atoms in total. The number of carbonyl (C=O) groups excluding carboxylic acids is 1. The van der Waals surface area contributed by atoms with Gasteiger partial charge in [-0.1, -0.05) is 15.9 Å². The van der Waals surface area contributed by atoms with Crippen LogP contribution in [0.3, 0.4) is 0 Å². The Morgan fingerprint density at radius 1 is 1.25 bits per heavy atom. The van der Waals surface area contributed by atoms with Gasteiger partial charge < -0.3 is 15.8 Å². The summed E-state index contributed by atoms with van der Waals surface area (Å²) >= 11 is 3.38. The zero-order valence-electron chi connectivity index (χ0n) is 11.2. The molecule has 20 heavy (non-hydrogen) atoms. The number of ether oxygens (including phenoxy) is 1. The van der Waals surface area contributed by atoms with Gasteiger partial charge in [0.2, 0.25) is 0 Å². The SMILES string of the molecule is COc1ccc(N)cc1NC(=O)c1ccc(Br)cc1C. The van der Waals surface area contributed by atoms with Gasteiger partial charge in [-0.25, -0.2) is 0 Å². The van der Waals surface area contributed by atoms with Crippen LogP contribution in [0.2, 0.25) is 0 Å². The summed E-state index contributed by atoms with van der Waals surface area (Å²) in [7, 11) is 1.55. The van der Waals surface area contributed by atoms with Crippen LogP contribution < -0.4 is 15.8 Å². The van der Waals surface area contributed by atoms with Crippen LogP contribution in [0, 0.1) is 6.92 Å². The summed E-state index contributed by atoms with van der Waals surface area (Å²) in [6, 6.07) is 10.6. The molecular formula is C15H15BrN2O2. The first-order valence-electron chi connectivity index (χ1n) is 6.02. The number of nitrogens with two attached hydrogens (primary N) is 1. The molecule has 0 saturated carbocycles. The van der Waals surface area contributed by atoms with Crippen molar-refractivity contribution in [3.63, 3.8) is 0 Å². The minimum Gasteiger partial charge on any atom is -0.495 e. The van der Waals surface area contributed by atoms with Crippen LogP contribution in [0.4, 0.5) is 11.4 Å². The molecule has 0 fully saturated rings. The molecule has 2 aromatic rings. The van der Waals surface area contributed by atoms with E-state index < -0.39 is 0 Å². The van der Waals surface area contributed by atoms with Crippen LogP contribution in [0.25, 0.3) is 0 Å². The van der Waals surface area contributed by atoms with Gasteiger partial charge in [0, 0.05) is 15.7 Å². The zero-order chi connectivity index (χ0) is 14.7. The highest BCUT2D eigenvalue weighted by atomic mass is 79.9. The molecule has 3 N–H and O–H groups in total. The maximum Gasteiger partial charge on any atom is 0.256 e. The second kappa shape index (κ2) is 5.96. The average Bonchev–Trinajstić information content (AvgIpc) is 2.38. The Morgan fingerprint density at radius 3 is 2.65 bits per heavy atom. The van der Waals surface area contributed by atoms with Crippen molar-refractivity contribution in [2.75, 3.05) is 18.2 Å². The van der Waals surface area contributed by atoms with E-state index in [9.17, 15) is 4.79 Å². The molecule has 1 amide bonds. The molecule has 0 heterocycles. The van der Waals surface area contributed by atoms with Crippen molar-refractivity contribution in [3.05, 3.63) is 52.0 Å². The molecule has 0 aromatic heterocycles. The third kappa shape index (κ3) is 3.11. The van der Waals surface area contributed by atoms with Crippen LogP contribution >= 0.6 is 15.9 Å². The lowest BCUT2D eigenvalue weighted by molar-refractivity contribution is 0.102. The van der Waals surface area contributed by atoms with Gasteiger partial charge in [-0.15, -0.1) is 0 Å². The first-order chi connectivity index (χ1) is 9.51. The number of hydrogen-bond donors (Lipinski definition) is 2. The number of halogens is 1. The Balaban J connectivity index is 2.30. The number of benzene rings is 2. The molecule has 2 aromatic carbocycles. The fourth-order valence-corrected chi connectivity index (χ4v) is 2.37. The number of carbonyl (C=O) groups is 1. The molecule has 0 bridgehead atoms. The van der Waals surface area contributed by atoms with E-state index >= 15 is 0 Å². The highest BCUT2D eigenvalue weighted by Gasteiger charge is 2.12. The molecule has 0 aliphatic rings. The monoisotopic (exact) mass is 334 g/mol. The predicted octanol–water partition coefficient (Wildman–Crippen LogP) is 3.60. The Morgan fingerprint density at radius 2 is 2.00 bits per heavy atom. The van der Waals surface area contributed by atoms with E-state index in [1.165, 1.54) is 0 Å². The van der Waals surface area contributed by atoms with Crippen LogP contribution in [0.15, 0.2) is 40.9 Å². The summed E-state index contributed by atoms with van der Waals surface area (Å²) in [6.07, 6.45) is 0. The lowest BCUT2D eigenvalue weighted by atomic mass is 10.1. The van der Waals surface area contributed by atoms with Crippen LogP contribution in [-0.4, -0.2) is 13.0 Å². The van der Waals surface area contributed by atoms with Crippen molar-refractivity contribution in [2.24, 2.45) is 0 Å². The van der Waals surface area contributed by atoms with Gasteiger partial charge in [0.25, 0.3) is 5.91 Å². The summed E-state index contributed by atoms with van der Waals surface area (Å²) in [4.78, 5) is 12.3. The molecular weight excluding hydrogens is 320 g/mol. The van der Waals surface area contributed by atoms with Crippen molar-refractivity contribution in [1.29, 1.82) is 0 Å². The number of hydrogen-bond acceptors (Lipinski definition) is 3. The zero-order valence-corrected chi connectivity index (χ0v) is 12.8. The standard InChI is InChI=1S/C15H15BrN2O2/c1-9-7-10(16)3-5-12(9)15(19)18-13-8-11(17)4-6-14(13)20-2/h3-8H,17H2,1-2H3,(H,18,19). The Kier molecular flexibility index (Phi) is 4.29. The predicted molar refractivity (Wildman–Crippen MR) is 84.2 cm³/mol. The lowest BCUT2D eigenvalue weighted by Gasteiger charge is -2.12. The molecule has 0 aliphatic heterocycles. The average molecular weight is 335 g/mol. The summed E-state index contributed by atoms with van der Waals surface area (Å²) in [5, 5.41) is 2.82. The molecule has 0 aliphatic carbocycles. The summed E-state index contributed by atoms with van der Waals surface area (Å²) < 4.78 is 6.15. The number of aryl methyl sites for hydroxylation is 1. The Hall–Kier alpha value is -2.01. The number of nitrogen functional groups attached to an aromatic ring is 1. The van der Waals surface area contributed by atoms with Gasteiger partial charge >= 0.3 is 0 Å². The minimum absolute atomic E-state index is 0.195. The van der Waals surface area contributed by atoms with E-state index in [2.05, 4.69) is 21.2 Å². The number of amides is 1. The van der Waals surface area contributed by atoms with Gasteiger partial charge in [0.1, 0.15) is 5.75 Å². The third-order valence-corrected chi connectivity index (χ3v) is 3.40. The van der Waals surface area contributed by atoms with Crippen molar-refractivity contribution >= 4 is 33.2 Å². The molecule has 5 heteroatoms. The smallest absolute Gasteiger partial charge is 0.256 e. The largest absolute Gasteiger partial charge is 0.495 e. The number of anilines is 2. The van der Waals surface area contributed by atoms with Crippen molar-refractivity contribution in [3.8, 4) is 5.75 Å². The number of rotatable bonds is 3. The van der Waals surface area contributed by atoms with Crippen LogP contribution in [-0.2, 0) is 0 Å². The molecule has 0 radical (unpaired) electrons. The van der Waals surface area contributed by atoms with Gasteiger partial charge in [0.05, 0.1) is 12.8 Å². The maximum atomic E-state index is 12.3. The molecule has 0 atom stereocenters. The van der Waals surface area contributed by atoms with E-state index in [0.29, 0.717) is 22.7 Å². The van der Waals surface area contributed by atoms with Gasteiger partial charge in [-0.2, -0.15) is 0 Å². The first kappa shape index (κ1) is 14.4. The highest BCUT2D eigenvalue weighted by Crippen LogP contribution is 2.27. The lowest BCUT2D eigenvalue weighted by Crippen LogP contribution is -2.14. The van der Waals surface area contributed by atoms with Crippen molar-refractivity contribution in [2.45, 2.75) is 6.92 Å². The van der Waals surface area contributed by atoms with Crippen LogP contribution in [0.5, 0.6) is 5.75 Å². The molecule has 0 saturated heterocycles. The Labute approximate surface area is 126 Å². The third-order valence-electron chi connectivity index (χ3n) is 2.90. The quantitative estimate of drug-likeness (QED) is 0.843. The van der Waals surface area contributed by atoms with Gasteiger partial charge in [0.15, 0.2) is 0 Å². The first-order valence-corrected chi connectivity index (χ1v) is 6.81. The van der Waals surface area contributed by atoms with Gasteiger partial charge in [-0.05, 0) is 48.9 Å². The molecule has 0 unspecified atom stereocenters. The minimum atomic E-state index is -0.195. The maximum absolute atomic E-state index is 12.3. The van der Waals surface area contributed by atoms with E-state index in [-0.39, 0.29) is 5.91 Å². The summed E-state index contributed by atoms with van der Waals surface area (Å²) in [6.45, 7) is 1.89. The van der Waals surface area contributed by atoms with Gasteiger partial charge in [-0.3, -0.25) is 4.79 Å². The number of methoxy groups -OCH3 is 1. The molecule has 0 spiro atoms. The van der Waals surface area contributed by atoms with E-state index in [4.69, 9.17) is 10.5 Å². The van der Waals surface area contributed by atoms with Crippen molar-refractivity contribution < 1.29 is 9.53 Å². The normalized spacial score (nSPS) is 10.2. The second-order valence-corrected chi connectivity index (χ2v) is 5.29. The Bertz CT molecular complexity index is 656. The fourth-order valence-electron chi connectivity index (χ4n) is 1.89. The van der Waals surface area contributed by atoms with E-state index in [1.54, 1.807) is 31.4 Å².